The molecule has 0 spiro atoms. The van der Waals surface area contributed by atoms with E-state index < -0.39 is 0 Å². The van der Waals surface area contributed by atoms with Gasteiger partial charge in [0.15, 0.2) is 0 Å². The number of likely N-dealkylation sites (tertiary alicyclic amines) is 1. The minimum Gasteiger partial charge on any atom is -0.496 e. The molecule has 1 aliphatic heterocycles. The maximum absolute atomic E-state index is 12.8. The number of rotatable bonds is 4. The zero-order chi connectivity index (χ0) is 19.7. The highest BCUT2D eigenvalue weighted by atomic mass is 35.5. The molecule has 1 aliphatic rings. The average molecular weight is 397 g/mol. The van der Waals surface area contributed by atoms with Crippen molar-refractivity contribution in [3.05, 3.63) is 75.8 Å². The number of carbonyl (C=O) groups excluding carboxylic acids is 1. The Kier molecular flexibility index (Phi) is 4.83. The van der Waals surface area contributed by atoms with Crippen molar-refractivity contribution in [1.82, 2.24) is 19.7 Å². The van der Waals surface area contributed by atoms with Crippen LogP contribution in [0.1, 0.15) is 16.4 Å². The van der Waals surface area contributed by atoms with Gasteiger partial charge in [0.25, 0.3) is 11.5 Å². The first-order valence-corrected chi connectivity index (χ1v) is 9.07. The van der Waals surface area contributed by atoms with Crippen molar-refractivity contribution in [3.63, 3.8) is 0 Å². The second-order valence-electron chi connectivity index (χ2n) is 6.45. The highest BCUT2D eigenvalue weighted by Gasteiger charge is 2.35. The van der Waals surface area contributed by atoms with Gasteiger partial charge in [-0.3, -0.25) is 14.6 Å². The minimum absolute atomic E-state index is 0.177. The van der Waals surface area contributed by atoms with E-state index in [0.29, 0.717) is 35.1 Å². The lowest BCUT2D eigenvalue weighted by molar-refractivity contribution is 0.0490. The lowest BCUT2D eigenvalue weighted by Crippen LogP contribution is -2.53. The molecule has 8 heteroatoms. The number of amides is 1. The monoisotopic (exact) mass is 396 g/mol. The van der Waals surface area contributed by atoms with E-state index in [1.54, 1.807) is 41.6 Å². The smallest absolute Gasteiger partial charge is 0.267 e. The summed E-state index contributed by atoms with van der Waals surface area (Å²) in [6, 6.07) is 11.6. The molecule has 1 fully saturated rings. The summed E-state index contributed by atoms with van der Waals surface area (Å²) >= 11 is 6.02. The number of pyridine rings is 1. The number of aromatic nitrogens is 3. The maximum Gasteiger partial charge on any atom is 0.267 e. The second kappa shape index (κ2) is 7.44. The van der Waals surface area contributed by atoms with Crippen LogP contribution in [0, 0.1) is 0 Å². The highest BCUT2D eigenvalue weighted by molar-refractivity contribution is 6.31. The molecule has 0 N–H and O–H groups in total. The first-order valence-electron chi connectivity index (χ1n) is 8.70. The number of benzene rings is 1. The number of nitrogens with zero attached hydrogens (tertiary/aromatic N) is 4. The fourth-order valence-corrected chi connectivity index (χ4v) is 3.33. The first kappa shape index (κ1) is 18.2. The van der Waals surface area contributed by atoms with Crippen LogP contribution in [0.4, 0.5) is 0 Å². The Hall–Kier alpha value is -3.19. The van der Waals surface area contributed by atoms with E-state index in [2.05, 4.69) is 10.1 Å². The van der Waals surface area contributed by atoms with E-state index >= 15 is 0 Å². The van der Waals surface area contributed by atoms with E-state index in [4.69, 9.17) is 16.3 Å². The van der Waals surface area contributed by atoms with Gasteiger partial charge in [0, 0.05) is 42.1 Å². The molecule has 4 rings (SSSR count). The molecule has 0 radical (unpaired) electrons. The molecular weight excluding hydrogens is 380 g/mol. The van der Waals surface area contributed by atoms with Crippen LogP contribution in [-0.2, 0) is 0 Å². The van der Waals surface area contributed by atoms with Crippen molar-refractivity contribution in [2.24, 2.45) is 0 Å². The summed E-state index contributed by atoms with van der Waals surface area (Å²) in [6.07, 6.45) is 3.35. The SMILES string of the molecule is COc1ccc(Cl)cc1C(=O)N1CC(n2nc(-c3ccncc3)ccc2=O)C1. The number of methoxy groups -OCH3 is 1. The summed E-state index contributed by atoms with van der Waals surface area (Å²) in [4.78, 5) is 30.7. The molecule has 0 atom stereocenters. The van der Waals surface area contributed by atoms with Crippen LogP contribution in [0.2, 0.25) is 5.02 Å². The van der Waals surface area contributed by atoms with Gasteiger partial charge in [0.05, 0.1) is 24.4 Å². The Morgan fingerprint density at radius 2 is 1.89 bits per heavy atom. The standard InChI is InChI=1S/C20H17ClN4O3/c1-28-18-4-2-14(21)10-16(18)20(27)24-11-15(12-24)25-19(26)5-3-17(23-25)13-6-8-22-9-7-13/h2-10,15H,11-12H2,1H3. The van der Waals surface area contributed by atoms with Gasteiger partial charge >= 0.3 is 0 Å². The predicted octanol–water partition coefficient (Wildman–Crippen LogP) is 2.66. The summed E-state index contributed by atoms with van der Waals surface area (Å²) in [5.41, 5.74) is 1.76. The van der Waals surface area contributed by atoms with Gasteiger partial charge in [-0.25, -0.2) is 4.68 Å². The van der Waals surface area contributed by atoms with Crippen LogP contribution >= 0.6 is 11.6 Å². The van der Waals surface area contributed by atoms with Crippen molar-refractivity contribution < 1.29 is 9.53 Å². The fourth-order valence-electron chi connectivity index (χ4n) is 3.16. The van der Waals surface area contributed by atoms with Gasteiger partial charge < -0.3 is 9.64 Å². The Balaban J connectivity index is 1.54. The molecule has 28 heavy (non-hydrogen) atoms. The molecule has 3 aromatic rings. The fraction of sp³-hybridized carbons (Fsp3) is 0.200. The summed E-state index contributed by atoms with van der Waals surface area (Å²) in [6.45, 7) is 0.780. The molecule has 0 unspecified atom stereocenters. The van der Waals surface area contributed by atoms with Gasteiger partial charge in [-0.05, 0) is 36.4 Å². The first-order chi connectivity index (χ1) is 13.6. The van der Waals surface area contributed by atoms with Crippen LogP contribution < -0.4 is 10.3 Å². The van der Waals surface area contributed by atoms with Gasteiger partial charge in [-0.1, -0.05) is 11.6 Å². The second-order valence-corrected chi connectivity index (χ2v) is 6.88. The van der Waals surface area contributed by atoms with Crippen LogP contribution in [0.3, 0.4) is 0 Å². The zero-order valence-electron chi connectivity index (χ0n) is 15.1. The van der Waals surface area contributed by atoms with Crippen LogP contribution in [0.25, 0.3) is 11.3 Å². The van der Waals surface area contributed by atoms with Gasteiger partial charge in [-0.15, -0.1) is 0 Å². The van der Waals surface area contributed by atoms with Crippen molar-refractivity contribution in [1.29, 1.82) is 0 Å². The van der Waals surface area contributed by atoms with Crippen LogP contribution in [0.15, 0.2) is 59.7 Å². The molecule has 7 nitrogen and oxygen atoms in total. The maximum atomic E-state index is 12.8. The predicted molar refractivity (Wildman–Crippen MR) is 105 cm³/mol. The molecular formula is C20H17ClN4O3. The highest BCUT2D eigenvalue weighted by Crippen LogP contribution is 2.28. The quantitative estimate of drug-likeness (QED) is 0.677. The molecule has 0 bridgehead atoms. The van der Waals surface area contributed by atoms with Crippen molar-refractivity contribution in [2.45, 2.75) is 6.04 Å². The number of ether oxygens (including phenoxy) is 1. The Morgan fingerprint density at radius 3 is 2.61 bits per heavy atom. The summed E-state index contributed by atoms with van der Waals surface area (Å²) in [5, 5.41) is 4.93. The summed E-state index contributed by atoms with van der Waals surface area (Å²) in [5.74, 6) is 0.279. The normalized spacial score (nSPS) is 13.9. The van der Waals surface area contributed by atoms with E-state index in [1.807, 2.05) is 12.1 Å². The number of halogens is 1. The number of carbonyl (C=O) groups is 1. The van der Waals surface area contributed by atoms with Gasteiger partial charge in [-0.2, -0.15) is 5.10 Å². The minimum atomic E-state index is -0.199. The van der Waals surface area contributed by atoms with Crippen LogP contribution in [0.5, 0.6) is 5.75 Å². The molecule has 142 valence electrons. The van der Waals surface area contributed by atoms with E-state index in [9.17, 15) is 9.59 Å². The van der Waals surface area contributed by atoms with E-state index in [-0.39, 0.29) is 17.5 Å². The molecule has 1 amide bonds. The van der Waals surface area contributed by atoms with E-state index in [1.165, 1.54) is 17.9 Å². The number of hydrogen-bond donors (Lipinski definition) is 0. The summed E-state index contributed by atoms with van der Waals surface area (Å²) in [7, 11) is 1.51. The van der Waals surface area contributed by atoms with Crippen molar-refractivity contribution in [3.8, 4) is 17.0 Å². The van der Waals surface area contributed by atoms with Crippen molar-refractivity contribution >= 4 is 17.5 Å². The topological polar surface area (TPSA) is 77.3 Å². The molecule has 3 heterocycles. The number of hydrogen-bond acceptors (Lipinski definition) is 5. The molecule has 1 aromatic carbocycles. The van der Waals surface area contributed by atoms with Crippen molar-refractivity contribution in [2.75, 3.05) is 20.2 Å². The molecule has 1 saturated heterocycles. The Bertz CT molecular complexity index is 1080. The lowest BCUT2D eigenvalue weighted by Gasteiger charge is -2.39. The van der Waals surface area contributed by atoms with Gasteiger partial charge in [0.1, 0.15) is 5.75 Å². The molecule has 2 aromatic heterocycles. The van der Waals surface area contributed by atoms with Gasteiger partial charge in [0.2, 0.25) is 0 Å². The average Bonchev–Trinajstić information content (AvgIpc) is 2.68. The molecule has 0 aliphatic carbocycles. The molecule has 0 saturated carbocycles. The Morgan fingerprint density at radius 1 is 1.14 bits per heavy atom. The lowest BCUT2D eigenvalue weighted by atomic mass is 10.1. The third-order valence-corrected chi connectivity index (χ3v) is 4.92. The third-order valence-electron chi connectivity index (χ3n) is 4.69. The third kappa shape index (κ3) is 3.36. The largest absolute Gasteiger partial charge is 0.496 e. The van der Waals surface area contributed by atoms with E-state index in [0.717, 1.165) is 5.56 Å². The summed E-state index contributed by atoms with van der Waals surface area (Å²) < 4.78 is 6.70. The Labute approximate surface area is 166 Å². The van der Waals surface area contributed by atoms with Crippen LogP contribution in [-0.4, -0.2) is 45.8 Å². The zero-order valence-corrected chi connectivity index (χ0v) is 15.8.